The van der Waals surface area contributed by atoms with Gasteiger partial charge in [-0.15, -0.1) is 0 Å². The van der Waals surface area contributed by atoms with E-state index < -0.39 is 53.0 Å². The van der Waals surface area contributed by atoms with Crippen molar-refractivity contribution in [2.45, 2.75) is 24.1 Å². The molecule has 1 aliphatic heterocycles. The van der Waals surface area contributed by atoms with Crippen LogP contribution in [0.4, 0.5) is 0 Å². The molecule has 0 saturated carbocycles. The Morgan fingerprint density at radius 2 is 1.70 bits per heavy atom. The topological polar surface area (TPSA) is 203 Å². The molecule has 4 atom stereocenters. The average Bonchev–Trinajstić information content (AvgIpc) is 2.49. The maximum Gasteiger partial charge on any atom is 0.470 e. The fourth-order valence-electron chi connectivity index (χ4n) is 1.59. The number of aliphatic hydroxyl groups is 3. The Hall–Kier alpha value is 0.0600. The van der Waals surface area contributed by atoms with Crippen LogP contribution in [0.25, 0.3) is 0 Å². The first-order chi connectivity index (χ1) is 8.88. The van der Waals surface area contributed by atoms with E-state index in [9.17, 15) is 19.3 Å². The fourth-order valence-corrected chi connectivity index (χ4v) is 2.53. The summed E-state index contributed by atoms with van der Waals surface area (Å²) in [5.74, 6) is -2.77. The summed E-state index contributed by atoms with van der Waals surface area (Å²) in [4.78, 5) is 34.4. The van der Waals surface area contributed by atoms with Crippen LogP contribution in [0.15, 0.2) is 0 Å². The third kappa shape index (κ3) is 4.81. The molecule has 0 spiro atoms. The molecule has 1 saturated heterocycles. The lowest BCUT2D eigenvalue weighted by Crippen LogP contribution is -2.47. The molecule has 1 rings (SSSR count). The number of aliphatic hydroxyl groups excluding tert-OH is 2. The Kier molecular flexibility index (Phi) is 5.48. The number of hydrogen-bond acceptors (Lipinski definition) is 8. The van der Waals surface area contributed by atoms with Crippen molar-refractivity contribution in [3.8, 4) is 0 Å². The lowest BCUT2D eigenvalue weighted by atomic mass is 10.1. The van der Waals surface area contributed by atoms with Crippen molar-refractivity contribution in [3.63, 3.8) is 0 Å². The Labute approximate surface area is 112 Å². The molecule has 20 heavy (non-hydrogen) atoms. The van der Waals surface area contributed by atoms with Gasteiger partial charge in [0.15, 0.2) is 6.10 Å². The highest BCUT2D eigenvalue weighted by molar-refractivity contribution is 7.46. The lowest BCUT2D eigenvalue weighted by molar-refractivity contribution is -0.243. The third-order valence-electron chi connectivity index (χ3n) is 2.36. The molecule has 0 radical (unpaired) electrons. The van der Waals surface area contributed by atoms with E-state index in [0.29, 0.717) is 0 Å². The molecule has 12 nitrogen and oxygen atoms in total. The molecule has 14 heteroatoms. The molecule has 1 fully saturated rings. The zero-order valence-corrected chi connectivity index (χ0v) is 11.5. The molecule has 1 heterocycles. The van der Waals surface area contributed by atoms with Crippen LogP contribution in [0.5, 0.6) is 0 Å². The fraction of sp³-hybridized carbons (Fsp3) is 1.00. The van der Waals surface area contributed by atoms with E-state index in [1.54, 1.807) is 0 Å². The van der Waals surface area contributed by atoms with Gasteiger partial charge in [-0.1, -0.05) is 0 Å². The maximum atomic E-state index is 10.8. The van der Waals surface area contributed by atoms with Crippen molar-refractivity contribution in [1.82, 2.24) is 0 Å². The zero-order chi connectivity index (χ0) is 15.8. The van der Waals surface area contributed by atoms with Crippen molar-refractivity contribution in [1.29, 1.82) is 0 Å². The maximum absolute atomic E-state index is 10.8. The standard InChI is InChI=1S/C6H14O12P2/c7-1-3-4(8)5(18-20(13,14)15)6(9,17-3)2-16-19(10,11)12/h3-5,7-9H,1-2H2,(H2,10,11,12)(H2,13,14,15)/t3-,4-,5+,6+/m1/s1. The second-order valence-electron chi connectivity index (χ2n) is 3.95. The minimum Gasteiger partial charge on any atom is -0.394 e. The SMILES string of the molecule is O=P(O)(O)OC[C@]1(O)O[C@H](CO)[C@@H](O)[C@@H]1OP(=O)(O)O. The summed E-state index contributed by atoms with van der Waals surface area (Å²) in [6, 6.07) is 0. The van der Waals surface area contributed by atoms with Crippen LogP contribution in [0.1, 0.15) is 0 Å². The highest BCUT2D eigenvalue weighted by atomic mass is 31.2. The van der Waals surface area contributed by atoms with Gasteiger partial charge in [-0.25, -0.2) is 9.13 Å². The molecule has 0 aliphatic carbocycles. The summed E-state index contributed by atoms with van der Waals surface area (Å²) in [5, 5.41) is 28.4. The molecule has 0 aromatic carbocycles. The number of rotatable bonds is 6. The number of ether oxygens (including phenoxy) is 1. The Balaban J connectivity index is 2.94. The van der Waals surface area contributed by atoms with Crippen molar-refractivity contribution in [2.75, 3.05) is 13.2 Å². The summed E-state index contributed by atoms with van der Waals surface area (Å²) in [5.41, 5.74) is 0. The van der Waals surface area contributed by atoms with Crippen LogP contribution in [-0.2, 0) is 22.9 Å². The molecule has 0 aromatic heterocycles. The normalized spacial score (nSPS) is 35.5. The van der Waals surface area contributed by atoms with Crippen LogP contribution in [0.2, 0.25) is 0 Å². The van der Waals surface area contributed by atoms with E-state index in [1.807, 2.05) is 0 Å². The first-order valence-corrected chi connectivity index (χ1v) is 8.07. The Morgan fingerprint density at radius 1 is 1.15 bits per heavy atom. The number of hydrogen-bond donors (Lipinski definition) is 7. The van der Waals surface area contributed by atoms with Crippen LogP contribution in [0.3, 0.4) is 0 Å². The highest BCUT2D eigenvalue weighted by Crippen LogP contribution is 2.46. The average molecular weight is 340 g/mol. The van der Waals surface area contributed by atoms with Gasteiger partial charge in [-0.3, -0.25) is 9.05 Å². The van der Waals surface area contributed by atoms with Gasteiger partial charge in [-0.2, -0.15) is 0 Å². The Bertz CT molecular complexity index is 428. The van der Waals surface area contributed by atoms with Gasteiger partial charge in [0, 0.05) is 0 Å². The smallest absolute Gasteiger partial charge is 0.394 e. The summed E-state index contributed by atoms with van der Waals surface area (Å²) in [6.45, 7) is -2.10. The van der Waals surface area contributed by atoms with Crippen molar-refractivity contribution >= 4 is 15.6 Å². The van der Waals surface area contributed by atoms with Crippen molar-refractivity contribution in [3.05, 3.63) is 0 Å². The zero-order valence-electron chi connectivity index (χ0n) is 9.71. The molecule has 0 unspecified atom stereocenters. The van der Waals surface area contributed by atoms with E-state index in [1.165, 1.54) is 0 Å². The minimum absolute atomic E-state index is 0.847. The second kappa shape index (κ2) is 6.05. The summed E-state index contributed by atoms with van der Waals surface area (Å²) in [6.07, 6.45) is -5.44. The molecule has 7 N–H and O–H groups in total. The van der Waals surface area contributed by atoms with Crippen molar-refractivity contribution < 1.29 is 57.8 Å². The van der Waals surface area contributed by atoms with Crippen LogP contribution in [-0.4, -0.2) is 72.2 Å². The van der Waals surface area contributed by atoms with Crippen molar-refractivity contribution in [2.24, 2.45) is 0 Å². The predicted octanol–water partition coefficient (Wildman–Crippen LogP) is -2.99. The molecular weight excluding hydrogens is 326 g/mol. The molecular formula is C6H14O12P2. The molecule has 120 valence electrons. The monoisotopic (exact) mass is 340 g/mol. The summed E-state index contributed by atoms with van der Waals surface area (Å²) >= 11 is 0. The molecule has 1 aliphatic rings. The van der Waals surface area contributed by atoms with E-state index in [0.717, 1.165) is 0 Å². The van der Waals surface area contributed by atoms with E-state index in [-0.39, 0.29) is 0 Å². The van der Waals surface area contributed by atoms with E-state index in [4.69, 9.17) is 24.7 Å². The third-order valence-corrected chi connectivity index (χ3v) is 3.33. The number of phosphoric acid groups is 2. The first-order valence-electron chi connectivity index (χ1n) is 5.01. The van der Waals surface area contributed by atoms with Gasteiger partial charge in [-0.05, 0) is 0 Å². The van der Waals surface area contributed by atoms with Crippen LogP contribution >= 0.6 is 15.6 Å². The quantitative estimate of drug-likeness (QED) is 0.242. The van der Waals surface area contributed by atoms with E-state index in [2.05, 4.69) is 13.8 Å². The molecule has 0 amide bonds. The number of phosphoric ester groups is 2. The second-order valence-corrected chi connectivity index (χ2v) is 6.39. The Morgan fingerprint density at radius 3 is 2.10 bits per heavy atom. The molecule has 0 bridgehead atoms. The first kappa shape index (κ1) is 18.1. The molecule has 0 aromatic rings. The van der Waals surface area contributed by atoms with E-state index >= 15 is 0 Å². The van der Waals surface area contributed by atoms with Gasteiger partial charge in [0.1, 0.15) is 18.8 Å². The van der Waals surface area contributed by atoms with Gasteiger partial charge < -0.3 is 39.6 Å². The highest BCUT2D eigenvalue weighted by Gasteiger charge is 2.57. The summed E-state index contributed by atoms with van der Waals surface area (Å²) < 4.78 is 34.1. The predicted molar refractivity (Wildman–Crippen MR) is 57.8 cm³/mol. The van der Waals surface area contributed by atoms with Crippen LogP contribution in [0, 0.1) is 0 Å². The largest absolute Gasteiger partial charge is 0.470 e. The van der Waals surface area contributed by atoms with Crippen LogP contribution < -0.4 is 0 Å². The summed E-state index contributed by atoms with van der Waals surface area (Å²) in [7, 11) is -10.2. The van der Waals surface area contributed by atoms with Gasteiger partial charge in [0.05, 0.1) is 6.61 Å². The van der Waals surface area contributed by atoms with Gasteiger partial charge in [0.2, 0.25) is 5.79 Å². The minimum atomic E-state index is -5.16. The van der Waals surface area contributed by atoms with Gasteiger partial charge in [0.25, 0.3) is 0 Å². The lowest BCUT2D eigenvalue weighted by Gasteiger charge is -2.28. The van der Waals surface area contributed by atoms with Gasteiger partial charge >= 0.3 is 15.6 Å².